The first-order valence-corrected chi connectivity index (χ1v) is 11.3. The number of nitrogens with zero attached hydrogens (tertiary/aromatic N) is 1. The van der Waals surface area contributed by atoms with E-state index in [2.05, 4.69) is 24.8 Å². The Kier molecular flexibility index (Phi) is 10.8. The molecule has 33 heavy (non-hydrogen) atoms. The fourth-order valence-corrected chi connectivity index (χ4v) is 3.80. The molecule has 0 saturated heterocycles. The SMILES string of the molecule is CCN(CCCCOC(=O)c1ccc(OC)c(OC)c1)C(C)Cc1ccc(OC)c(OC)c1. The number of hydrogen-bond acceptors (Lipinski definition) is 7. The highest BCUT2D eigenvalue weighted by Gasteiger charge is 2.15. The highest BCUT2D eigenvalue weighted by Crippen LogP contribution is 2.29. The maximum Gasteiger partial charge on any atom is 0.338 e. The molecule has 1 unspecified atom stereocenters. The number of hydrogen-bond donors (Lipinski definition) is 0. The number of esters is 1. The second-order valence-electron chi connectivity index (χ2n) is 7.78. The predicted octanol–water partition coefficient (Wildman–Crippen LogP) is 4.61. The summed E-state index contributed by atoms with van der Waals surface area (Å²) in [7, 11) is 6.40. The molecule has 0 N–H and O–H groups in total. The molecule has 0 fully saturated rings. The van der Waals surface area contributed by atoms with Crippen molar-refractivity contribution >= 4 is 5.97 Å². The summed E-state index contributed by atoms with van der Waals surface area (Å²) in [5.74, 6) is 2.22. The Balaban J connectivity index is 1.78. The van der Waals surface area contributed by atoms with Gasteiger partial charge in [-0.15, -0.1) is 0 Å². The molecule has 1 atom stereocenters. The van der Waals surface area contributed by atoms with Crippen molar-refractivity contribution in [2.45, 2.75) is 39.2 Å². The van der Waals surface area contributed by atoms with Crippen LogP contribution < -0.4 is 18.9 Å². The minimum atomic E-state index is -0.356. The zero-order valence-electron chi connectivity index (χ0n) is 20.7. The highest BCUT2D eigenvalue weighted by atomic mass is 16.5. The zero-order valence-corrected chi connectivity index (χ0v) is 20.7. The molecule has 0 heterocycles. The normalized spacial score (nSPS) is 11.7. The van der Waals surface area contributed by atoms with Gasteiger partial charge in [0.15, 0.2) is 23.0 Å². The van der Waals surface area contributed by atoms with Gasteiger partial charge >= 0.3 is 5.97 Å². The minimum absolute atomic E-state index is 0.356. The van der Waals surface area contributed by atoms with E-state index in [0.29, 0.717) is 29.7 Å². The molecular formula is C26H37NO6. The second-order valence-corrected chi connectivity index (χ2v) is 7.78. The van der Waals surface area contributed by atoms with Crippen LogP contribution in [0.1, 0.15) is 42.6 Å². The summed E-state index contributed by atoms with van der Waals surface area (Å²) >= 11 is 0. The van der Waals surface area contributed by atoms with E-state index < -0.39 is 0 Å². The number of ether oxygens (including phenoxy) is 5. The zero-order chi connectivity index (χ0) is 24.2. The summed E-state index contributed by atoms with van der Waals surface area (Å²) in [6.45, 7) is 6.69. The molecule has 0 saturated carbocycles. The van der Waals surface area contributed by atoms with Gasteiger partial charge in [-0.05, 0) is 75.2 Å². The number of likely N-dealkylation sites (N-methyl/N-ethyl adjacent to an activating group) is 1. The van der Waals surface area contributed by atoms with E-state index in [-0.39, 0.29) is 5.97 Å². The average molecular weight is 460 g/mol. The first kappa shape index (κ1) is 26.3. The molecule has 2 aromatic rings. The molecular weight excluding hydrogens is 422 g/mol. The average Bonchev–Trinajstić information content (AvgIpc) is 2.85. The quantitative estimate of drug-likeness (QED) is 0.302. The fourth-order valence-electron chi connectivity index (χ4n) is 3.80. The van der Waals surface area contributed by atoms with Gasteiger partial charge in [0.2, 0.25) is 0 Å². The number of methoxy groups -OCH3 is 4. The standard InChI is InChI=1S/C26H37NO6/c1-7-27(19(2)16-20-10-12-22(29-3)24(17-20)31-5)14-8-9-15-33-26(28)21-11-13-23(30-4)25(18-21)32-6/h10-13,17-19H,7-9,14-16H2,1-6H3. The van der Waals surface area contributed by atoms with Crippen molar-refractivity contribution in [1.82, 2.24) is 4.90 Å². The molecule has 2 rings (SSSR count). The lowest BCUT2D eigenvalue weighted by atomic mass is 10.0. The van der Waals surface area contributed by atoms with Crippen LogP contribution in [0.25, 0.3) is 0 Å². The van der Waals surface area contributed by atoms with E-state index in [1.165, 1.54) is 5.56 Å². The molecule has 0 aliphatic heterocycles. The highest BCUT2D eigenvalue weighted by molar-refractivity contribution is 5.90. The topological polar surface area (TPSA) is 66.5 Å². The monoisotopic (exact) mass is 459 g/mol. The van der Waals surface area contributed by atoms with Crippen LogP contribution in [0.5, 0.6) is 23.0 Å². The molecule has 0 amide bonds. The molecule has 0 radical (unpaired) electrons. The van der Waals surface area contributed by atoms with Gasteiger partial charge in [-0.3, -0.25) is 0 Å². The van der Waals surface area contributed by atoms with E-state index in [9.17, 15) is 4.79 Å². The predicted molar refractivity (Wildman–Crippen MR) is 129 cm³/mol. The molecule has 2 aromatic carbocycles. The molecule has 7 heteroatoms. The molecule has 182 valence electrons. The number of unbranched alkanes of at least 4 members (excludes halogenated alkanes) is 1. The Hall–Kier alpha value is -2.93. The third-order valence-corrected chi connectivity index (χ3v) is 5.70. The van der Waals surface area contributed by atoms with Crippen LogP contribution in [0.4, 0.5) is 0 Å². The third-order valence-electron chi connectivity index (χ3n) is 5.70. The van der Waals surface area contributed by atoms with E-state index in [4.69, 9.17) is 23.7 Å². The Labute approximate surface area is 197 Å². The summed E-state index contributed by atoms with van der Waals surface area (Å²) in [4.78, 5) is 14.8. The maximum absolute atomic E-state index is 12.3. The lowest BCUT2D eigenvalue weighted by Crippen LogP contribution is -2.35. The minimum Gasteiger partial charge on any atom is -0.493 e. The van der Waals surface area contributed by atoms with Gasteiger partial charge in [0.1, 0.15) is 0 Å². The van der Waals surface area contributed by atoms with Crippen molar-refractivity contribution in [3.8, 4) is 23.0 Å². The largest absolute Gasteiger partial charge is 0.493 e. The van der Waals surface area contributed by atoms with Crippen molar-refractivity contribution in [3.05, 3.63) is 47.5 Å². The number of carbonyl (C=O) groups excluding carboxylic acids is 1. The van der Waals surface area contributed by atoms with Crippen LogP contribution in [-0.4, -0.2) is 65.0 Å². The van der Waals surface area contributed by atoms with Gasteiger partial charge in [0.25, 0.3) is 0 Å². The van der Waals surface area contributed by atoms with Crippen LogP contribution >= 0.6 is 0 Å². The van der Waals surface area contributed by atoms with E-state index >= 15 is 0 Å². The Morgan fingerprint density at radius 2 is 1.45 bits per heavy atom. The van der Waals surface area contributed by atoms with E-state index in [0.717, 1.165) is 43.9 Å². The van der Waals surface area contributed by atoms with E-state index in [1.54, 1.807) is 46.6 Å². The number of benzene rings is 2. The van der Waals surface area contributed by atoms with Crippen LogP contribution in [0.2, 0.25) is 0 Å². The van der Waals surface area contributed by atoms with Crippen molar-refractivity contribution in [3.63, 3.8) is 0 Å². The van der Waals surface area contributed by atoms with Crippen LogP contribution in [0.15, 0.2) is 36.4 Å². The van der Waals surface area contributed by atoms with Gasteiger partial charge in [-0.1, -0.05) is 13.0 Å². The van der Waals surface area contributed by atoms with Crippen LogP contribution in [0, 0.1) is 0 Å². The van der Waals surface area contributed by atoms with E-state index in [1.807, 2.05) is 12.1 Å². The Bertz CT molecular complexity index is 885. The summed E-state index contributed by atoms with van der Waals surface area (Å²) in [6, 6.07) is 11.5. The summed E-state index contributed by atoms with van der Waals surface area (Å²) in [5, 5.41) is 0. The summed E-state index contributed by atoms with van der Waals surface area (Å²) in [6.07, 6.45) is 2.67. The molecule has 0 spiro atoms. The van der Waals surface area contributed by atoms with Gasteiger partial charge in [-0.2, -0.15) is 0 Å². The molecule has 7 nitrogen and oxygen atoms in total. The summed E-state index contributed by atoms with van der Waals surface area (Å²) in [5.41, 5.74) is 1.66. The van der Waals surface area contributed by atoms with Crippen molar-refractivity contribution in [2.75, 3.05) is 48.1 Å². The maximum atomic E-state index is 12.3. The van der Waals surface area contributed by atoms with Crippen molar-refractivity contribution in [2.24, 2.45) is 0 Å². The van der Waals surface area contributed by atoms with Crippen molar-refractivity contribution in [1.29, 1.82) is 0 Å². The second kappa shape index (κ2) is 13.6. The van der Waals surface area contributed by atoms with Gasteiger partial charge in [0.05, 0.1) is 40.6 Å². The molecule has 0 aromatic heterocycles. The molecule has 0 bridgehead atoms. The van der Waals surface area contributed by atoms with Gasteiger partial charge < -0.3 is 28.6 Å². The lowest BCUT2D eigenvalue weighted by Gasteiger charge is -2.28. The smallest absolute Gasteiger partial charge is 0.338 e. The number of rotatable bonds is 14. The van der Waals surface area contributed by atoms with Gasteiger partial charge in [-0.25, -0.2) is 4.79 Å². The number of carbonyl (C=O) groups is 1. The van der Waals surface area contributed by atoms with Crippen LogP contribution in [-0.2, 0) is 11.2 Å². The molecule has 0 aliphatic rings. The summed E-state index contributed by atoms with van der Waals surface area (Å²) < 4.78 is 26.6. The fraction of sp³-hybridized carbons (Fsp3) is 0.500. The Morgan fingerprint density at radius 3 is 2.06 bits per heavy atom. The molecule has 0 aliphatic carbocycles. The third kappa shape index (κ3) is 7.56. The Morgan fingerprint density at radius 1 is 0.848 bits per heavy atom. The van der Waals surface area contributed by atoms with Crippen LogP contribution in [0.3, 0.4) is 0 Å². The first-order chi connectivity index (χ1) is 16.0. The van der Waals surface area contributed by atoms with Gasteiger partial charge in [0, 0.05) is 6.04 Å². The van der Waals surface area contributed by atoms with Crippen molar-refractivity contribution < 1.29 is 28.5 Å². The first-order valence-electron chi connectivity index (χ1n) is 11.3. The lowest BCUT2D eigenvalue weighted by molar-refractivity contribution is 0.0493.